The minimum atomic E-state index is -0.0915. The third kappa shape index (κ3) is 5.75. The van der Waals surface area contributed by atoms with Crippen LogP contribution >= 0.6 is 0 Å². The van der Waals surface area contributed by atoms with E-state index in [9.17, 15) is 4.79 Å². The van der Waals surface area contributed by atoms with E-state index in [0.717, 1.165) is 24.2 Å². The van der Waals surface area contributed by atoms with E-state index in [0.29, 0.717) is 6.42 Å². The highest BCUT2D eigenvalue weighted by atomic mass is 16.2. The van der Waals surface area contributed by atoms with E-state index in [1.807, 2.05) is 24.3 Å². The summed E-state index contributed by atoms with van der Waals surface area (Å²) in [4.78, 5) is 15.6. The molecular formula is C17H20N4O. The fourth-order valence-corrected chi connectivity index (χ4v) is 1.92. The number of carbonyl (C=O) groups is 1. The third-order valence-electron chi connectivity index (χ3n) is 3.02. The SMILES string of the molecule is Cc1cccc(NCCCC(=O)NN=Cc2cccnc2)c1. The lowest BCUT2D eigenvalue weighted by Crippen LogP contribution is -2.18. The Morgan fingerprint density at radius 1 is 1.32 bits per heavy atom. The van der Waals surface area contributed by atoms with Crippen LogP contribution in [-0.4, -0.2) is 23.7 Å². The van der Waals surface area contributed by atoms with E-state index in [1.165, 1.54) is 5.56 Å². The second-order valence-corrected chi connectivity index (χ2v) is 4.98. The Kier molecular flexibility index (Phi) is 6.11. The van der Waals surface area contributed by atoms with E-state index in [1.54, 1.807) is 18.6 Å². The molecule has 114 valence electrons. The first-order chi connectivity index (χ1) is 10.7. The standard InChI is InChI=1S/C17H20N4O/c1-14-5-2-7-16(11-14)19-10-4-8-17(22)21-20-13-15-6-3-9-18-12-15/h2-3,5-7,9,11-13,19H,4,8,10H2,1H3,(H,21,22). The molecule has 1 heterocycles. The summed E-state index contributed by atoms with van der Waals surface area (Å²) in [6, 6.07) is 11.9. The molecule has 0 spiro atoms. The molecule has 0 aliphatic heterocycles. The Morgan fingerprint density at radius 3 is 3.00 bits per heavy atom. The molecule has 0 saturated heterocycles. The van der Waals surface area contributed by atoms with Gasteiger partial charge in [-0.2, -0.15) is 5.10 Å². The van der Waals surface area contributed by atoms with Gasteiger partial charge in [0.05, 0.1) is 6.21 Å². The van der Waals surface area contributed by atoms with E-state index in [4.69, 9.17) is 0 Å². The lowest BCUT2D eigenvalue weighted by atomic mass is 10.2. The predicted octanol–water partition coefficient (Wildman–Crippen LogP) is 2.73. The number of rotatable bonds is 7. The summed E-state index contributed by atoms with van der Waals surface area (Å²) in [6.07, 6.45) is 6.14. The van der Waals surface area contributed by atoms with Gasteiger partial charge in [0, 0.05) is 36.6 Å². The average Bonchev–Trinajstić information content (AvgIpc) is 2.53. The van der Waals surface area contributed by atoms with Gasteiger partial charge in [0.2, 0.25) is 5.91 Å². The number of pyridine rings is 1. The van der Waals surface area contributed by atoms with E-state index in [-0.39, 0.29) is 5.91 Å². The molecule has 5 heteroatoms. The number of hydrogen-bond acceptors (Lipinski definition) is 4. The second-order valence-electron chi connectivity index (χ2n) is 4.98. The van der Waals surface area contributed by atoms with Crippen LogP contribution in [0.4, 0.5) is 5.69 Å². The number of nitrogens with one attached hydrogen (secondary N) is 2. The quantitative estimate of drug-likeness (QED) is 0.469. The molecule has 0 unspecified atom stereocenters. The van der Waals surface area contributed by atoms with Gasteiger partial charge in [0.1, 0.15) is 0 Å². The molecule has 0 fully saturated rings. The molecule has 2 N–H and O–H groups in total. The number of anilines is 1. The number of hydrazone groups is 1. The summed E-state index contributed by atoms with van der Waals surface area (Å²) in [7, 11) is 0. The summed E-state index contributed by atoms with van der Waals surface area (Å²) in [6.45, 7) is 2.81. The van der Waals surface area contributed by atoms with Crippen LogP contribution in [0, 0.1) is 6.92 Å². The van der Waals surface area contributed by atoms with Crippen LogP contribution in [-0.2, 0) is 4.79 Å². The molecule has 1 aromatic carbocycles. The molecular weight excluding hydrogens is 276 g/mol. The Balaban J connectivity index is 1.63. The first-order valence-electron chi connectivity index (χ1n) is 7.26. The van der Waals surface area contributed by atoms with Crippen LogP contribution in [0.25, 0.3) is 0 Å². The predicted molar refractivity (Wildman–Crippen MR) is 88.9 cm³/mol. The second kappa shape index (κ2) is 8.56. The van der Waals surface area contributed by atoms with Crippen molar-refractivity contribution < 1.29 is 4.79 Å². The Labute approximate surface area is 130 Å². The minimum absolute atomic E-state index is 0.0915. The summed E-state index contributed by atoms with van der Waals surface area (Å²) in [5.41, 5.74) is 5.66. The zero-order valence-electron chi connectivity index (χ0n) is 12.6. The molecule has 1 amide bonds. The van der Waals surface area contributed by atoms with E-state index < -0.39 is 0 Å². The van der Waals surface area contributed by atoms with Gasteiger partial charge < -0.3 is 5.32 Å². The number of aromatic nitrogens is 1. The van der Waals surface area contributed by atoms with Gasteiger partial charge in [-0.3, -0.25) is 9.78 Å². The molecule has 22 heavy (non-hydrogen) atoms. The number of carbonyl (C=O) groups excluding carboxylic acids is 1. The average molecular weight is 296 g/mol. The largest absolute Gasteiger partial charge is 0.385 e. The minimum Gasteiger partial charge on any atom is -0.385 e. The number of aryl methyl sites for hydroxylation is 1. The molecule has 2 aromatic rings. The maximum Gasteiger partial charge on any atom is 0.240 e. The smallest absolute Gasteiger partial charge is 0.240 e. The van der Waals surface area contributed by atoms with Crippen molar-refractivity contribution >= 4 is 17.8 Å². The summed E-state index contributed by atoms with van der Waals surface area (Å²) in [5.74, 6) is -0.0915. The van der Waals surface area contributed by atoms with Crippen molar-refractivity contribution in [3.05, 3.63) is 59.9 Å². The zero-order chi connectivity index (χ0) is 15.6. The normalized spacial score (nSPS) is 10.6. The van der Waals surface area contributed by atoms with Crippen LogP contribution in [0.5, 0.6) is 0 Å². The van der Waals surface area contributed by atoms with Gasteiger partial charge in [-0.15, -0.1) is 0 Å². The Hall–Kier alpha value is -2.69. The number of hydrogen-bond donors (Lipinski definition) is 2. The monoisotopic (exact) mass is 296 g/mol. The van der Waals surface area contributed by atoms with Crippen molar-refractivity contribution in [1.82, 2.24) is 10.4 Å². The first kappa shape index (κ1) is 15.7. The molecule has 1 aromatic heterocycles. The van der Waals surface area contributed by atoms with Crippen LogP contribution < -0.4 is 10.7 Å². The van der Waals surface area contributed by atoms with E-state index >= 15 is 0 Å². The molecule has 0 radical (unpaired) electrons. The third-order valence-corrected chi connectivity index (χ3v) is 3.02. The Morgan fingerprint density at radius 2 is 2.23 bits per heavy atom. The molecule has 0 aliphatic carbocycles. The molecule has 5 nitrogen and oxygen atoms in total. The van der Waals surface area contributed by atoms with Gasteiger partial charge in [-0.05, 0) is 37.1 Å². The lowest BCUT2D eigenvalue weighted by Gasteiger charge is -2.06. The number of amides is 1. The van der Waals surface area contributed by atoms with Gasteiger partial charge in [0.25, 0.3) is 0 Å². The highest BCUT2D eigenvalue weighted by Gasteiger charge is 1.99. The molecule has 0 saturated carbocycles. The topological polar surface area (TPSA) is 66.4 Å². The van der Waals surface area contributed by atoms with Gasteiger partial charge in [0.15, 0.2) is 0 Å². The van der Waals surface area contributed by atoms with E-state index in [2.05, 4.69) is 39.9 Å². The molecule has 0 aliphatic rings. The fraction of sp³-hybridized carbons (Fsp3) is 0.235. The number of benzene rings is 1. The fourth-order valence-electron chi connectivity index (χ4n) is 1.92. The highest BCUT2D eigenvalue weighted by molar-refractivity contribution is 5.81. The number of nitrogens with zero attached hydrogens (tertiary/aromatic N) is 2. The van der Waals surface area contributed by atoms with Crippen molar-refractivity contribution in [3.63, 3.8) is 0 Å². The van der Waals surface area contributed by atoms with Crippen molar-refractivity contribution in [2.45, 2.75) is 19.8 Å². The molecule has 2 rings (SSSR count). The van der Waals surface area contributed by atoms with Crippen molar-refractivity contribution in [3.8, 4) is 0 Å². The van der Waals surface area contributed by atoms with Gasteiger partial charge in [-0.25, -0.2) is 5.43 Å². The Bertz CT molecular complexity index is 626. The zero-order valence-corrected chi connectivity index (χ0v) is 12.6. The van der Waals surface area contributed by atoms with Crippen LogP contribution in [0.15, 0.2) is 53.9 Å². The summed E-state index contributed by atoms with van der Waals surface area (Å²) < 4.78 is 0. The summed E-state index contributed by atoms with van der Waals surface area (Å²) in [5, 5.41) is 7.20. The van der Waals surface area contributed by atoms with Crippen LogP contribution in [0.3, 0.4) is 0 Å². The van der Waals surface area contributed by atoms with Crippen molar-refractivity contribution in [1.29, 1.82) is 0 Å². The van der Waals surface area contributed by atoms with Crippen LogP contribution in [0.1, 0.15) is 24.0 Å². The van der Waals surface area contributed by atoms with Crippen molar-refractivity contribution in [2.75, 3.05) is 11.9 Å². The lowest BCUT2D eigenvalue weighted by molar-refractivity contribution is -0.121. The maximum atomic E-state index is 11.6. The maximum absolute atomic E-state index is 11.6. The molecule has 0 atom stereocenters. The highest BCUT2D eigenvalue weighted by Crippen LogP contribution is 2.09. The molecule has 0 bridgehead atoms. The summed E-state index contributed by atoms with van der Waals surface area (Å²) >= 11 is 0. The van der Waals surface area contributed by atoms with Crippen LogP contribution in [0.2, 0.25) is 0 Å². The van der Waals surface area contributed by atoms with Gasteiger partial charge >= 0.3 is 0 Å². The first-order valence-corrected chi connectivity index (χ1v) is 7.26. The van der Waals surface area contributed by atoms with Gasteiger partial charge in [-0.1, -0.05) is 18.2 Å². The van der Waals surface area contributed by atoms with Crippen molar-refractivity contribution in [2.24, 2.45) is 5.10 Å².